The Balaban J connectivity index is 1.70. The highest BCUT2D eigenvalue weighted by molar-refractivity contribution is 5.84. The summed E-state index contributed by atoms with van der Waals surface area (Å²) >= 11 is 0. The van der Waals surface area contributed by atoms with Gasteiger partial charge in [0.1, 0.15) is 5.82 Å². The number of anilines is 2. The molecular formula is C25H32FN8O+. The van der Waals surface area contributed by atoms with Crippen molar-refractivity contribution in [2.24, 2.45) is 5.73 Å². The Bertz CT molecular complexity index is 1270. The maximum atomic E-state index is 13.7. The number of nitrogens with zero attached hydrogens (tertiary/aromatic N) is 5. The monoisotopic (exact) mass is 479 g/mol. The standard InChI is InChI=1S/C25H31FN8O/c1-14(2)17-12-20(33-32-17)30-23-21-16(9-10-25(21,3)4)29-24(31-23)34(11-5-6-18(34)22(27)35)15-7-8-19(26)28-13-15/h7-8,12-14,18H,5-6,9-11H2,1-4H3,(H3-,27,29,30,31,32,33,35)/p+1. The van der Waals surface area contributed by atoms with E-state index in [2.05, 4.69) is 48.2 Å². The molecule has 2 atom stereocenters. The van der Waals surface area contributed by atoms with Crippen LogP contribution in [0.2, 0.25) is 0 Å². The number of nitrogens with two attached hydrogens (primary N) is 1. The highest BCUT2D eigenvalue weighted by Gasteiger charge is 2.52. The van der Waals surface area contributed by atoms with Crippen molar-refractivity contribution in [2.75, 3.05) is 11.9 Å². The van der Waals surface area contributed by atoms with E-state index in [-0.39, 0.29) is 9.90 Å². The molecule has 4 heterocycles. The lowest BCUT2D eigenvalue weighted by atomic mass is 9.87. The van der Waals surface area contributed by atoms with Crippen LogP contribution in [0.5, 0.6) is 0 Å². The third-order valence-electron chi connectivity index (χ3n) is 7.48. The van der Waals surface area contributed by atoms with Gasteiger partial charge in [0, 0.05) is 36.2 Å². The summed E-state index contributed by atoms with van der Waals surface area (Å²) in [5, 5.41) is 10.9. The van der Waals surface area contributed by atoms with Gasteiger partial charge in [0.05, 0.1) is 18.4 Å². The molecule has 2 aliphatic rings. The van der Waals surface area contributed by atoms with E-state index in [4.69, 9.17) is 15.7 Å². The van der Waals surface area contributed by atoms with Crippen LogP contribution in [0.1, 0.15) is 69.8 Å². The van der Waals surface area contributed by atoms with Crippen LogP contribution >= 0.6 is 0 Å². The van der Waals surface area contributed by atoms with Crippen LogP contribution in [0, 0.1) is 5.95 Å². The SMILES string of the molecule is CC(C)c1cc(Nc2nc([N+]3(c4ccc(F)nc4)CCCC3C(N)=O)nc3c2C(C)(C)CC3)n[nH]1. The van der Waals surface area contributed by atoms with Crippen molar-refractivity contribution in [3.8, 4) is 0 Å². The first-order chi connectivity index (χ1) is 16.6. The highest BCUT2D eigenvalue weighted by Crippen LogP contribution is 2.47. The summed E-state index contributed by atoms with van der Waals surface area (Å²) in [4.78, 5) is 26.6. The van der Waals surface area contributed by atoms with Gasteiger partial charge in [-0.2, -0.15) is 19.5 Å². The number of hydrogen-bond acceptors (Lipinski definition) is 6. The molecule has 0 saturated carbocycles. The quantitative estimate of drug-likeness (QED) is 0.361. The molecule has 0 aromatic carbocycles. The second kappa shape index (κ2) is 8.37. The van der Waals surface area contributed by atoms with Crippen molar-refractivity contribution in [1.29, 1.82) is 0 Å². The molecule has 1 aliphatic carbocycles. The molecule has 1 saturated heterocycles. The molecule has 3 aromatic rings. The van der Waals surface area contributed by atoms with Gasteiger partial charge in [-0.1, -0.05) is 27.7 Å². The number of fused-ring (bicyclic) bond motifs is 1. The minimum Gasteiger partial charge on any atom is -0.364 e. The van der Waals surface area contributed by atoms with Crippen molar-refractivity contribution >= 4 is 29.2 Å². The molecule has 9 nitrogen and oxygen atoms in total. The average molecular weight is 480 g/mol. The molecule has 4 N–H and O–H groups in total. The first kappa shape index (κ1) is 23.3. The Morgan fingerprint density at radius 3 is 2.77 bits per heavy atom. The predicted octanol–water partition coefficient (Wildman–Crippen LogP) is 4.11. The van der Waals surface area contributed by atoms with Gasteiger partial charge >= 0.3 is 5.95 Å². The summed E-state index contributed by atoms with van der Waals surface area (Å²) < 4.78 is 13.8. The van der Waals surface area contributed by atoms with Gasteiger partial charge in [-0.3, -0.25) is 9.89 Å². The Hall–Kier alpha value is -3.40. The number of carbonyl (C=O) groups excluding carboxylic acids is 1. The van der Waals surface area contributed by atoms with Gasteiger partial charge in [-0.25, -0.2) is 9.47 Å². The second-order valence-corrected chi connectivity index (χ2v) is 10.6. The van der Waals surface area contributed by atoms with E-state index in [0.717, 1.165) is 36.2 Å². The Morgan fingerprint density at radius 1 is 1.31 bits per heavy atom. The fourth-order valence-electron chi connectivity index (χ4n) is 5.57. The molecule has 0 bridgehead atoms. The van der Waals surface area contributed by atoms with Gasteiger partial charge in [-0.05, 0) is 30.2 Å². The third kappa shape index (κ3) is 3.85. The van der Waals surface area contributed by atoms with E-state index in [1.807, 2.05) is 6.07 Å². The number of rotatable bonds is 6. The normalized spacial score (nSPS) is 23.0. The first-order valence-electron chi connectivity index (χ1n) is 12.2. The number of amides is 1. The molecule has 184 valence electrons. The minimum atomic E-state index is -0.583. The molecule has 5 rings (SSSR count). The van der Waals surface area contributed by atoms with Crippen molar-refractivity contribution in [3.63, 3.8) is 0 Å². The van der Waals surface area contributed by atoms with E-state index in [0.29, 0.717) is 42.2 Å². The fraction of sp³-hybridized carbons (Fsp3) is 0.480. The lowest BCUT2D eigenvalue weighted by molar-refractivity contribution is -0.121. The summed E-state index contributed by atoms with van der Waals surface area (Å²) in [5.41, 5.74) is 9.45. The molecule has 35 heavy (non-hydrogen) atoms. The summed E-state index contributed by atoms with van der Waals surface area (Å²) in [7, 11) is 0. The Labute approximate surface area is 204 Å². The summed E-state index contributed by atoms with van der Waals surface area (Å²) in [5.74, 6) is 1.11. The Kier molecular flexibility index (Phi) is 5.58. The lowest BCUT2D eigenvalue weighted by Crippen LogP contribution is -2.55. The molecular weight excluding hydrogens is 447 g/mol. The van der Waals surface area contributed by atoms with Crippen molar-refractivity contribution < 1.29 is 9.18 Å². The zero-order valence-corrected chi connectivity index (χ0v) is 20.6. The molecule has 0 radical (unpaired) electrons. The largest absolute Gasteiger partial charge is 0.364 e. The summed E-state index contributed by atoms with van der Waals surface area (Å²) in [6, 6.07) is 4.37. The average Bonchev–Trinajstić information content (AvgIpc) is 3.52. The van der Waals surface area contributed by atoms with Gasteiger partial charge in [0.25, 0.3) is 5.91 Å². The number of halogens is 1. The van der Waals surface area contributed by atoms with Crippen LogP contribution in [0.25, 0.3) is 0 Å². The summed E-state index contributed by atoms with van der Waals surface area (Å²) in [6.45, 7) is 9.15. The zero-order chi connectivity index (χ0) is 25.0. The number of aromatic nitrogens is 5. The van der Waals surface area contributed by atoms with Crippen LogP contribution in [0.3, 0.4) is 0 Å². The topological polar surface area (TPSA) is 122 Å². The molecule has 1 aliphatic heterocycles. The Morgan fingerprint density at radius 2 is 2.11 bits per heavy atom. The van der Waals surface area contributed by atoms with Crippen molar-refractivity contribution in [2.45, 2.75) is 70.8 Å². The van der Waals surface area contributed by atoms with Crippen molar-refractivity contribution in [1.82, 2.24) is 29.6 Å². The van der Waals surface area contributed by atoms with Crippen LogP contribution in [0.15, 0.2) is 24.4 Å². The zero-order valence-electron chi connectivity index (χ0n) is 20.6. The van der Waals surface area contributed by atoms with Crippen molar-refractivity contribution in [3.05, 3.63) is 47.3 Å². The molecule has 1 fully saturated rings. The number of H-pyrrole nitrogens is 1. The highest BCUT2D eigenvalue weighted by atomic mass is 19.1. The maximum absolute atomic E-state index is 13.7. The molecule has 10 heteroatoms. The van der Waals surface area contributed by atoms with Gasteiger partial charge in [-0.15, -0.1) is 0 Å². The van der Waals surface area contributed by atoms with Gasteiger partial charge < -0.3 is 11.1 Å². The number of aryl methyl sites for hydroxylation is 1. The van der Waals surface area contributed by atoms with Crippen LogP contribution < -0.4 is 15.5 Å². The number of quaternary nitrogens is 1. The van der Waals surface area contributed by atoms with E-state index in [1.54, 1.807) is 6.07 Å². The number of primary amides is 1. The third-order valence-corrected chi connectivity index (χ3v) is 7.48. The molecule has 1 amide bonds. The van der Waals surface area contributed by atoms with Gasteiger partial charge in [0.15, 0.2) is 17.5 Å². The van der Waals surface area contributed by atoms with E-state index < -0.39 is 17.9 Å². The lowest BCUT2D eigenvalue weighted by Gasteiger charge is -2.35. The maximum Gasteiger partial charge on any atom is 0.337 e. The summed E-state index contributed by atoms with van der Waals surface area (Å²) in [6.07, 6.45) is 4.56. The minimum absolute atomic E-state index is 0.0306. The molecule has 0 spiro atoms. The van der Waals surface area contributed by atoms with Crippen LogP contribution in [-0.2, 0) is 16.6 Å². The van der Waals surface area contributed by atoms with E-state index in [1.165, 1.54) is 12.3 Å². The number of hydrogen-bond donors (Lipinski definition) is 3. The number of nitrogens with one attached hydrogen (secondary N) is 2. The van der Waals surface area contributed by atoms with E-state index >= 15 is 0 Å². The number of carbonyl (C=O) groups is 1. The fourth-order valence-corrected chi connectivity index (χ4v) is 5.57. The van der Waals surface area contributed by atoms with E-state index in [9.17, 15) is 9.18 Å². The van der Waals surface area contributed by atoms with Crippen LogP contribution in [-0.4, -0.2) is 43.6 Å². The van der Waals surface area contributed by atoms with Crippen LogP contribution in [0.4, 0.5) is 27.7 Å². The van der Waals surface area contributed by atoms with Gasteiger partial charge in [0.2, 0.25) is 5.95 Å². The molecule has 3 aromatic heterocycles. The smallest absolute Gasteiger partial charge is 0.337 e. The molecule has 2 unspecified atom stereocenters. The first-order valence-corrected chi connectivity index (χ1v) is 12.2. The number of aromatic amines is 1. The number of pyridine rings is 1. The second-order valence-electron chi connectivity index (χ2n) is 10.6. The predicted molar refractivity (Wildman–Crippen MR) is 132 cm³/mol.